The Balaban J connectivity index is 1.34. The molecule has 0 unspecified atom stereocenters. The highest BCUT2D eigenvalue weighted by molar-refractivity contribution is 5.68. The molecule has 3 fully saturated rings. The first kappa shape index (κ1) is 36.3. The van der Waals surface area contributed by atoms with Crippen LogP contribution in [-0.4, -0.2) is 101 Å². The Morgan fingerprint density at radius 1 is 1.06 bits per heavy atom. The van der Waals surface area contributed by atoms with Crippen LogP contribution in [0.5, 0.6) is 0 Å². The Morgan fingerprint density at radius 2 is 1.78 bits per heavy atom. The van der Waals surface area contributed by atoms with Crippen molar-refractivity contribution >= 4 is 17.9 Å². The normalized spacial score (nSPS) is 22.1. The summed E-state index contributed by atoms with van der Waals surface area (Å²) >= 11 is 0. The molecule has 3 aliphatic rings. The molecular weight excluding hydrogens is 637 g/mol. The number of nitrogens with one attached hydrogen (secondary N) is 2. The molecule has 49 heavy (non-hydrogen) atoms. The minimum atomic E-state index is -1.54. The summed E-state index contributed by atoms with van der Waals surface area (Å²) in [6, 6.07) is 11.1. The van der Waals surface area contributed by atoms with Crippen molar-refractivity contribution in [1.82, 2.24) is 20.4 Å². The van der Waals surface area contributed by atoms with Crippen LogP contribution in [0, 0.1) is 34.8 Å². The number of methoxy groups -OCH3 is 2. The zero-order valence-corrected chi connectivity index (χ0v) is 28.7. The van der Waals surface area contributed by atoms with Gasteiger partial charge in [-0.3, -0.25) is 4.90 Å². The molecule has 2 aliphatic heterocycles. The second-order valence-corrected chi connectivity index (χ2v) is 14.0. The van der Waals surface area contributed by atoms with Crippen LogP contribution in [0.25, 0.3) is 0 Å². The van der Waals surface area contributed by atoms with Gasteiger partial charge >= 0.3 is 12.2 Å². The van der Waals surface area contributed by atoms with E-state index in [9.17, 15) is 19.2 Å². The monoisotopic (exact) mass is 684 g/mol. The van der Waals surface area contributed by atoms with Crippen molar-refractivity contribution in [1.29, 1.82) is 5.26 Å². The quantitative estimate of drug-likeness (QED) is 0.342. The van der Waals surface area contributed by atoms with Gasteiger partial charge in [-0.1, -0.05) is 18.6 Å². The molecule has 2 N–H and O–H groups in total. The number of nitrogens with zero attached hydrogens (tertiary/aromatic N) is 4. The predicted octanol–water partition coefficient (Wildman–Crippen LogP) is 4.96. The summed E-state index contributed by atoms with van der Waals surface area (Å²) in [6.45, 7) is 2.05. The number of anilines is 1. The van der Waals surface area contributed by atoms with Crippen LogP contribution >= 0.6 is 0 Å². The summed E-state index contributed by atoms with van der Waals surface area (Å²) in [6.07, 6.45) is 2.46. The highest BCUT2D eigenvalue weighted by Crippen LogP contribution is 2.50. The van der Waals surface area contributed by atoms with E-state index < -0.39 is 34.9 Å². The van der Waals surface area contributed by atoms with Gasteiger partial charge in [-0.15, -0.1) is 0 Å². The number of benzene rings is 2. The van der Waals surface area contributed by atoms with E-state index in [0.717, 1.165) is 18.4 Å². The maximum Gasteiger partial charge on any atom is 0.407 e. The average molecular weight is 685 g/mol. The lowest BCUT2D eigenvalue weighted by Crippen LogP contribution is -2.65. The van der Waals surface area contributed by atoms with Gasteiger partial charge in [0, 0.05) is 31.1 Å². The minimum Gasteiger partial charge on any atom is -0.453 e. The molecular formula is C36H47F3N6O4. The van der Waals surface area contributed by atoms with Crippen LogP contribution in [0.2, 0.25) is 0 Å². The minimum absolute atomic E-state index is 0.0379. The highest BCUT2D eigenvalue weighted by atomic mass is 19.1. The van der Waals surface area contributed by atoms with Crippen LogP contribution in [0.4, 0.5) is 28.4 Å². The lowest BCUT2D eigenvalue weighted by Gasteiger charge is -2.52. The molecule has 0 aromatic heterocycles. The molecule has 0 bridgehead atoms. The number of hydrogen-bond acceptors (Lipinski definition) is 8. The van der Waals surface area contributed by atoms with Crippen molar-refractivity contribution in [3.05, 3.63) is 64.7 Å². The van der Waals surface area contributed by atoms with Crippen molar-refractivity contribution in [2.75, 3.05) is 72.5 Å². The second-order valence-electron chi connectivity index (χ2n) is 14.0. The Labute approximate surface area is 286 Å². The summed E-state index contributed by atoms with van der Waals surface area (Å²) in [7, 11) is 6.34. The van der Waals surface area contributed by atoms with Gasteiger partial charge in [0.25, 0.3) is 0 Å². The zero-order valence-electron chi connectivity index (χ0n) is 28.7. The first-order chi connectivity index (χ1) is 23.4. The fourth-order valence-corrected chi connectivity index (χ4v) is 8.50. The largest absolute Gasteiger partial charge is 0.453 e. The number of carbonyl (C=O) groups is 2. The number of nitriles is 1. The number of alkyl carbamates (subject to hydrolysis) is 2. The average Bonchev–Trinajstić information content (AvgIpc) is 3.53. The molecule has 2 saturated heterocycles. The number of likely N-dealkylation sites (tertiary alicyclic amines) is 1. The molecule has 10 nitrogen and oxygen atoms in total. The lowest BCUT2D eigenvalue weighted by molar-refractivity contribution is 0.0253. The van der Waals surface area contributed by atoms with E-state index in [1.165, 1.54) is 32.4 Å². The molecule has 0 radical (unpaired) electrons. The number of alkyl halides is 1. The van der Waals surface area contributed by atoms with E-state index in [0.29, 0.717) is 50.1 Å². The van der Waals surface area contributed by atoms with Crippen molar-refractivity contribution < 1.29 is 32.2 Å². The number of halogens is 3. The zero-order chi connectivity index (χ0) is 35.3. The van der Waals surface area contributed by atoms with Gasteiger partial charge in [-0.25, -0.2) is 22.8 Å². The van der Waals surface area contributed by atoms with Gasteiger partial charge in [0.2, 0.25) is 0 Å². The van der Waals surface area contributed by atoms with Gasteiger partial charge in [-0.05, 0) is 100 Å². The van der Waals surface area contributed by atoms with Crippen LogP contribution in [0.3, 0.4) is 0 Å². The van der Waals surface area contributed by atoms with E-state index >= 15 is 8.78 Å². The molecule has 3 atom stereocenters. The number of ether oxygens (including phenoxy) is 2. The van der Waals surface area contributed by atoms with E-state index in [2.05, 4.69) is 21.6 Å². The third-order valence-electron chi connectivity index (χ3n) is 10.6. The Hall–Kier alpha value is -4.02. The van der Waals surface area contributed by atoms with Crippen molar-refractivity contribution in [3.63, 3.8) is 0 Å². The maximum atomic E-state index is 16.1. The summed E-state index contributed by atoms with van der Waals surface area (Å²) in [5.41, 5.74) is -0.305. The van der Waals surface area contributed by atoms with Crippen LogP contribution in [0.1, 0.15) is 48.8 Å². The van der Waals surface area contributed by atoms with Gasteiger partial charge in [-0.2, -0.15) is 5.26 Å². The van der Waals surface area contributed by atoms with Gasteiger partial charge in [0.05, 0.1) is 44.6 Å². The molecule has 13 heteroatoms. The number of rotatable bonds is 11. The summed E-state index contributed by atoms with van der Waals surface area (Å²) in [5.74, 6) is -1.11. The smallest absolute Gasteiger partial charge is 0.407 e. The third kappa shape index (κ3) is 7.91. The van der Waals surface area contributed by atoms with E-state index in [1.807, 2.05) is 25.1 Å². The number of carbonyl (C=O) groups excluding carboxylic acids is 2. The molecule has 2 heterocycles. The SMILES string of the molecule is COC(=O)NC[C@@](c1cccc(F)c1)(C1CCN(CC2(F)CN(c3cc(CN(C)C)c(C#N)cc3F)C2)CC1)[C@H]1CCC[C@@H]1NC(=O)OC. The Bertz CT molecular complexity index is 1540. The van der Waals surface area contributed by atoms with Crippen molar-refractivity contribution in [2.24, 2.45) is 11.8 Å². The highest BCUT2D eigenvalue weighted by Gasteiger charge is 2.53. The Kier molecular flexibility index (Phi) is 11.3. The van der Waals surface area contributed by atoms with Gasteiger partial charge in [0.1, 0.15) is 11.6 Å². The van der Waals surface area contributed by atoms with Crippen LogP contribution in [0.15, 0.2) is 36.4 Å². The van der Waals surface area contributed by atoms with E-state index in [1.54, 1.807) is 17.0 Å². The van der Waals surface area contributed by atoms with Gasteiger partial charge in [0.15, 0.2) is 5.67 Å². The molecule has 266 valence electrons. The molecule has 0 spiro atoms. The summed E-state index contributed by atoms with van der Waals surface area (Å²) < 4.78 is 55.9. The first-order valence-corrected chi connectivity index (χ1v) is 16.9. The molecule has 2 aromatic carbocycles. The van der Waals surface area contributed by atoms with Gasteiger partial charge < -0.3 is 29.9 Å². The predicted molar refractivity (Wildman–Crippen MR) is 179 cm³/mol. The maximum absolute atomic E-state index is 16.1. The first-order valence-electron chi connectivity index (χ1n) is 16.9. The topological polar surface area (TPSA) is 110 Å². The summed E-state index contributed by atoms with van der Waals surface area (Å²) in [4.78, 5) is 30.5. The molecule has 1 saturated carbocycles. The molecule has 5 rings (SSSR count). The van der Waals surface area contributed by atoms with E-state index in [4.69, 9.17) is 9.47 Å². The second kappa shape index (κ2) is 15.3. The standard InChI is InChI=1S/C36H47F3N6O4/c1-43(2)19-25-16-32(30(38)15-24(25)18-40)45-22-35(39,23-45)21-44-13-11-26(12-14-44)36(20-41-33(46)48-3,27-7-5-8-28(37)17-27)29-9-6-10-31(29)42-34(47)49-4/h5,7-8,15-17,26,29,31H,6,9-14,19-23H2,1-4H3,(H,41,46)(H,42,47)/t29-,31-,36-/m0/s1. The van der Waals surface area contributed by atoms with Crippen molar-refractivity contribution in [3.8, 4) is 6.07 Å². The molecule has 1 aliphatic carbocycles. The number of piperidine rings is 1. The fraction of sp³-hybridized carbons (Fsp3) is 0.583. The lowest BCUT2D eigenvalue weighted by atomic mass is 9.58. The number of amides is 2. The third-order valence-corrected chi connectivity index (χ3v) is 10.6. The summed E-state index contributed by atoms with van der Waals surface area (Å²) in [5, 5.41) is 15.4. The fourth-order valence-electron chi connectivity index (χ4n) is 8.50. The molecule has 2 amide bonds. The molecule has 2 aromatic rings. The van der Waals surface area contributed by atoms with E-state index in [-0.39, 0.29) is 49.6 Å². The Morgan fingerprint density at radius 3 is 2.41 bits per heavy atom. The van der Waals surface area contributed by atoms with Crippen LogP contribution < -0.4 is 15.5 Å². The number of hydrogen-bond donors (Lipinski definition) is 2. The van der Waals surface area contributed by atoms with Crippen molar-refractivity contribution in [2.45, 2.75) is 55.8 Å². The van der Waals surface area contributed by atoms with Crippen LogP contribution in [-0.2, 0) is 21.4 Å².